The molecule has 0 saturated carbocycles. The summed E-state index contributed by atoms with van der Waals surface area (Å²) in [5.41, 5.74) is 12.6. The van der Waals surface area contributed by atoms with Crippen LogP contribution in [0.25, 0.3) is 115 Å². The van der Waals surface area contributed by atoms with E-state index in [0.717, 1.165) is 38.8 Å². The van der Waals surface area contributed by atoms with Crippen LogP contribution in [0.2, 0.25) is 0 Å². The Balaban J connectivity index is 1.10. The van der Waals surface area contributed by atoms with Crippen molar-refractivity contribution in [3.05, 3.63) is 200 Å². The summed E-state index contributed by atoms with van der Waals surface area (Å²) in [5, 5.41) is 12.2. The highest BCUT2D eigenvalue weighted by atomic mass is 16.3. The summed E-state index contributed by atoms with van der Waals surface area (Å²) in [6.07, 6.45) is 0. The van der Waals surface area contributed by atoms with Gasteiger partial charge in [-0.05, 0) is 85.1 Å². The van der Waals surface area contributed by atoms with Crippen molar-refractivity contribution in [3.63, 3.8) is 0 Å². The lowest BCUT2D eigenvalue weighted by Crippen LogP contribution is -1.97. The molecule has 0 atom stereocenters. The number of nitrogens with zero attached hydrogens (tertiary/aromatic N) is 1. The van der Waals surface area contributed by atoms with E-state index < -0.39 is 0 Å². The molecule has 10 aromatic carbocycles. The normalized spacial score (nSPS) is 11.9. The van der Waals surface area contributed by atoms with Crippen LogP contribution in [0.5, 0.6) is 0 Å². The average Bonchev–Trinajstić information content (AvgIpc) is 3.81. The Hall–Kier alpha value is -7.42. The predicted octanol–water partition coefficient (Wildman–Crippen LogP) is 15.1. The Morgan fingerprint density at radius 3 is 1.62 bits per heavy atom. The van der Waals surface area contributed by atoms with Crippen molar-refractivity contribution >= 4 is 76.1 Å². The summed E-state index contributed by atoms with van der Waals surface area (Å²) in [5.74, 6) is 0. The van der Waals surface area contributed by atoms with E-state index in [1.807, 2.05) is 6.07 Å². The second-order valence-electron chi connectivity index (χ2n) is 14.7. The van der Waals surface area contributed by atoms with Crippen LogP contribution in [0.1, 0.15) is 0 Å². The molecule has 2 heterocycles. The predicted molar refractivity (Wildman–Crippen MR) is 237 cm³/mol. The maximum Gasteiger partial charge on any atom is 0.143 e. The average molecular weight is 712 g/mol. The van der Waals surface area contributed by atoms with Crippen molar-refractivity contribution in [2.24, 2.45) is 0 Å². The van der Waals surface area contributed by atoms with Crippen LogP contribution in [0.3, 0.4) is 0 Å². The lowest BCUT2D eigenvalue weighted by molar-refractivity contribution is 0.670. The molecule has 0 bridgehead atoms. The van der Waals surface area contributed by atoms with Crippen molar-refractivity contribution in [1.29, 1.82) is 0 Å². The van der Waals surface area contributed by atoms with Crippen LogP contribution < -0.4 is 0 Å². The van der Waals surface area contributed by atoms with E-state index in [1.165, 1.54) is 76.4 Å². The second-order valence-corrected chi connectivity index (χ2v) is 14.7. The van der Waals surface area contributed by atoms with Gasteiger partial charge in [0.1, 0.15) is 11.2 Å². The third-order valence-electron chi connectivity index (χ3n) is 11.8. The first-order chi connectivity index (χ1) is 27.8. The number of furan rings is 1. The van der Waals surface area contributed by atoms with Crippen molar-refractivity contribution in [1.82, 2.24) is 4.57 Å². The first-order valence-electron chi connectivity index (χ1n) is 19.3. The molecule has 12 rings (SSSR count). The monoisotopic (exact) mass is 711 g/mol. The highest BCUT2D eigenvalue weighted by Gasteiger charge is 2.21. The van der Waals surface area contributed by atoms with E-state index in [4.69, 9.17) is 4.42 Å². The summed E-state index contributed by atoms with van der Waals surface area (Å²) >= 11 is 0. The van der Waals surface area contributed by atoms with E-state index in [0.29, 0.717) is 0 Å². The molecule has 2 nitrogen and oxygen atoms in total. The van der Waals surface area contributed by atoms with Crippen LogP contribution in [0.4, 0.5) is 0 Å². The number of rotatable bonds is 4. The van der Waals surface area contributed by atoms with Crippen molar-refractivity contribution < 1.29 is 4.42 Å². The molecular weight excluding hydrogens is 679 g/mol. The molecule has 0 fully saturated rings. The third-order valence-corrected chi connectivity index (χ3v) is 11.8. The van der Waals surface area contributed by atoms with Gasteiger partial charge in [0.15, 0.2) is 0 Å². The summed E-state index contributed by atoms with van der Waals surface area (Å²) in [6.45, 7) is 0. The van der Waals surface area contributed by atoms with Crippen LogP contribution in [0, 0.1) is 0 Å². The van der Waals surface area contributed by atoms with E-state index in [1.54, 1.807) is 0 Å². The Morgan fingerprint density at radius 1 is 0.304 bits per heavy atom. The van der Waals surface area contributed by atoms with Gasteiger partial charge in [-0.3, -0.25) is 0 Å². The molecule has 0 amide bonds. The van der Waals surface area contributed by atoms with E-state index >= 15 is 0 Å². The van der Waals surface area contributed by atoms with E-state index in [2.05, 4.69) is 199 Å². The Labute approximate surface area is 323 Å². The van der Waals surface area contributed by atoms with Gasteiger partial charge in [0.2, 0.25) is 0 Å². The number of hydrogen-bond acceptors (Lipinski definition) is 1. The molecule has 12 aromatic rings. The molecule has 0 spiro atoms. The largest absolute Gasteiger partial charge is 0.455 e. The van der Waals surface area contributed by atoms with Crippen LogP contribution in [-0.2, 0) is 0 Å². The number of para-hydroxylation sites is 3. The SMILES string of the molecule is c1ccc(-c2c3ccccc3c(-c3ccc(-n4c5ccccc5c5cc(-c6cccc7c6oc6ccccc67)ccc54)c4ccccc34)c3ccccc23)cc1. The molecule has 260 valence electrons. The second kappa shape index (κ2) is 12.0. The van der Waals surface area contributed by atoms with Crippen LogP contribution in [0.15, 0.2) is 205 Å². The van der Waals surface area contributed by atoms with Crippen molar-refractivity contribution in [3.8, 4) is 39.1 Å². The molecule has 0 aliphatic rings. The molecule has 0 radical (unpaired) electrons. The Kier molecular flexibility index (Phi) is 6.66. The van der Waals surface area contributed by atoms with Gasteiger partial charge < -0.3 is 8.98 Å². The Bertz CT molecular complexity index is 3470. The highest BCUT2D eigenvalue weighted by Crippen LogP contribution is 2.47. The molecule has 0 aliphatic carbocycles. The third kappa shape index (κ3) is 4.44. The maximum atomic E-state index is 6.49. The minimum atomic E-state index is 0.913. The molecular formula is C54H33NO. The van der Waals surface area contributed by atoms with Crippen LogP contribution in [-0.4, -0.2) is 4.57 Å². The quantitative estimate of drug-likeness (QED) is 0.166. The van der Waals surface area contributed by atoms with Gasteiger partial charge in [0, 0.05) is 32.5 Å². The fourth-order valence-electron chi connectivity index (χ4n) is 9.41. The number of benzene rings is 10. The van der Waals surface area contributed by atoms with Gasteiger partial charge >= 0.3 is 0 Å². The molecule has 0 saturated heterocycles. The highest BCUT2D eigenvalue weighted by molar-refractivity contribution is 6.24. The molecule has 2 aromatic heterocycles. The summed E-state index contributed by atoms with van der Waals surface area (Å²) in [7, 11) is 0. The van der Waals surface area contributed by atoms with Gasteiger partial charge in [-0.2, -0.15) is 0 Å². The van der Waals surface area contributed by atoms with Crippen molar-refractivity contribution in [2.45, 2.75) is 0 Å². The van der Waals surface area contributed by atoms with Gasteiger partial charge in [-0.25, -0.2) is 0 Å². The first kappa shape index (κ1) is 31.0. The smallest absolute Gasteiger partial charge is 0.143 e. The molecule has 0 N–H and O–H groups in total. The van der Waals surface area contributed by atoms with Gasteiger partial charge in [-0.15, -0.1) is 0 Å². The minimum Gasteiger partial charge on any atom is -0.455 e. The number of aromatic nitrogens is 1. The zero-order valence-electron chi connectivity index (χ0n) is 30.4. The number of fused-ring (bicyclic) bond motifs is 9. The molecule has 0 aliphatic heterocycles. The fraction of sp³-hybridized carbons (Fsp3) is 0. The topological polar surface area (TPSA) is 18.1 Å². The molecule has 56 heavy (non-hydrogen) atoms. The van der Waals surface area contributed by atoms with Gasteiger partial charge in [-0.1, -0.05) is 170 Å². The zero-order chi connectivity index (χ0) is 36.7. The number of hydrogen-bond donors (Lipinski definition) is 0. The lowest BCUT2D eigenvalue weighted by atomic mass is 9.84. The molecule has 2 heteroatoms. The van der Waals surface area contributed by atoms with Gasteiger partial charge in [0.25, 0.3) is 0 Å². The summed E-state index contributed by atoms with van der Waals surface area (Å²) in [6, 6.07) is 72.7. The molecule has 0 unspecified atom stereocenters. The Morgan fingerprint density at radius 2 is 0.875 bits per heavy atom. The van der Waals surface area contributed by atoms with E-state index in [9.17, 15) is 0 Å². The van der Waals surface area contributed by atoms with Crippen molar-refractivity contribution in [2.75, 3.05) is 0 Å². The van der Waals surface area contributed by atoms with Crippen LogP contribution >= 0.6 is 0 Å². The summed E-state index contributed by atoms with van der Waals surface area (Å²) in [4.78, 5) is 0. The maximum absolute atomic E-state index is 6.49. The summed E-state index contributed by atoms with van der Waals surface area (Å²) < 4.78 is 8.94. The van der Waals surface area contributed by atoms with Gasteiger partial charge in [0.05, 0.1) is 16.7 Å². The minimum absolute atomic E-state index is 0.913. The fourth-order valence-corrected chi connectivity index (χ4v) is 9.41. The van der Waals surface area contributed by atoms with E-state index in [-0.39, 0.29) is 0 Å². The lowest BCUT2D eigenvalue weighted by Gasteiger charge is -2.20. The standard InChI is InChI=1S/C54H33NO/c1-2-15-34(16-3-1)52-41-21-6-8-23-43(41)53(44-24-9-7-22-42(44)52)45-30-32-49(38-18-5-4-17-37(38)45)55-48-27-12-10-19-39(48)47-33-35(29-31-50(47)55)36-25-14-26-46-40-20-11-13-28-51(40)56-54(36)46/h1-33H. The zero-order valence-corrected chi connectivity index (χ0v) is 30.4. The first-order valence-corrected chi connectivity index (χ1v) is 19.3.